The minimum Gasteiger partial charge on any atom is -0.495 e. The Kier molecular flexibility index (Phi) is 6.78. The van der Waals surface area contributed by atoms with E-state index in [0.29, 0.717) is 5.56 Å². The summed E-state index contributed by atoms with van der Waals surface area (Å²) in [5.74, 6) is 1.79. The van der Waals surface area contributed by atoms with Crippen molar-refractivity contribution in [2.45, 2.75) is 25.7 Å². The molecule has 4 rings (SSSR count). The molecular weight excluding hydrogens is 384 g/mol. The van der Waals surface area contributed by atoms with E-state index in [9.17, 15) is 4.79 Å². The van der Waals surface area contributed by atoms with Crippen LogP contribution in [0.4, 0.5) is 5.69 Å². The van der Waals surface area contributed by atoms with Crippen LogP contribution in [0.2, 0.25) is 0 Å². The maximum atomic E-state index is 13.3. The number of carbonyl (C=O) groups is 1. The number of hydrogen-bond donors (Lipinski definition) is 0. The zero-order valence-electron chi connectivity index (χ0n) is 18.0. The second kappa shape index (κ2) is 10.1. The highest BCUT2D eigenvalue weighted by molar-refractivity contribution is 6.08. The predicted octanol–water partition coefficient (Wildman–Crippen LogP) is 6.02. The van der Waals surface area contributed by atoms with Crippen LogP contribution >= 0.6 is 0 Å². The quantitative estimate of drug-likeness (QED) is 0.465. The molecule has 0 saturated heterocycles. The number of carbonyl (C=O) groups excluding carboxylic acids is 1. The standard InChI is InChI=1S/C27H28N2O2/c1-31-26-13-8-7-12-24(26)29(27-14-6-3-9-19-28-27)20-25(30)23-17-15-22(16-18-23)21-10-4-2-5-11-21/h2,4-5,7-8,10-13,15-18H,3,6,9,14,19-20H2,1H3. The van der Waals surface area contributed by atoms with Gasteiger partial charge in [-0.3, -0.25) is 9.79 Å². The average molecular weight is 413 g/mol. The predicted molar refractivity (Wildman–Crippen MR) is 127 cm³/mol. The van der Waals surface area contributed by atoms with Gasteiger partial charge < -0.3 is 9.64 Å². The van der Waals surface area contributed by atoms with Crippen molar-refractivity contribution in [1.82, 2.24) is 0 Å². The molecule has 0 amide bonds. The van der Waals surface area contributed by atoms with E-state index < -0.39 is 0 Å². The summed E-state index contributed by atoms with van der Waals surface area (Å²) in [6.45, 7) is 1.05. The van der Waals surface area contributed by atoms with Gasteiger partial charge in [0.2, 0.25) is 0 Å². The number of anilines is 1. The maximum absolute atomic E-state index is 13.3. The summed E-state index contributed by atoms with van der Waals surface area (Å²) >= 11 is 0. The van der Waals surface area contributed by atoms with Gasteiger partial charge in [0.25, 0.3) is 0 Å². The number of ketones is 1. The second-order valence-corrected chi connectivity index (χ2v) is 7.73. The number of methoxy groups -OCH3 is 1. The minimum atomic E-state index is 0.0671. The lowest BCUT2D eigenvalue weighted by atomic mass is 10.0. The van der Waals surface area contributed by atoms with E-state index in [0.717, 1.165) is 54.2 Å². The van der Waals surface area contributed by atoms with Gasteiger partial charge >= 0.3 is 0 Å². The molecule has 31 heavy (non-hydrogen) atoms. The van der Waals surface area contributed by atoms with E-state index in [1.165, 1.54) is 6.42 Å². The van der Waals surface area contributed by atoms with E-state index in [1.54, 1.807) is 7.11 Å². The van der Waals surface area contributed by atoms with E-state index in [1.807, 2.05) is 71.6 Å². The molecule has 0 aliphatic carbocycles. The van der Waals surface area contributed by atoms with Crippen molar-refractivity contribution < 1.29 is 9.53 Å². The molecule has 0 spiro atoms. The van der Waals surface area contributed by atoms with Crippen LogP contribution in [0, 0.1) is 0 Å². The molecule has 0 fully saturated rings. The van der Waals surface area contributed by atoms with Crippen LogP contribution in [0.3, 0.4) is 0 Å². The Hall–Kier alpha value is -3.40. The number of benzene rings is 3. The highest BCUT2D eigenvalue weighted by Crippen LogP contribution is 2.30. The molecule has 4 nitrogen and oxygen atoms in total. The van der Waals surface area contributed by atoms with Gasteiger partial charge in [-0.25, -0.2) is 0 Å². The van der Waals surface area contributed by atoms with Crippen molar-refractivity contribution >= 4 is 17.3 Å². The molecular formula is C27H28N2O2. The normalized spacial score (nSPS) is 13.8. The first kappa shape index (κ1) is 20.9. The number of ether oxygens (including phenoxy) is 1. The van der Waals surface area contributed by atoms with Crippen LogP contribution in [0.15, 0.2) is 83.9 Å². The average Bonchev–Trinajstić information content (AvgIpc) is 3.12. The second-order valence-electron chi connectivity index (χ2n) is 7.73. The molecule has 0 saturated carbocycles. The molecule has 0 radical (unpaired) electrons. The molecule has 0 atom stereocenters. The smallest absolute Gasteiger partial charge is 0.182 e. The van der Waals surface area contributed by atoms with Gasteiger partial charge in [0.1, 0.15) is 11.6 Å². The van der Waals surface area contributed by atoms with Crippen LogP contribution in [0.25, 0.3) is 11.1 Å². The SMILES string of the molecule is COc1ccccc1N(CC(=O)c1ccc(-c2ccccc2)cc1)C1=NCCCCC1. The molecule has 1 aliphatic heterocycles. The minimum absolute atomic E-state index is 0.0671. The monoisotopic (exact) mass is 412 g/mol. The number of hydrogen-bond acceptors (Lipinski definition) is 4. The number of para-hydroxylation sites is 2. The molecule has 1 aliphatic rings. The Morgan fingerprint density at radius 2 is 1.58 bits per heavy atom. The molecule has 0 unspecified atom stereocenters. The lowest BCUT2D eigenvalue weighted by molar-refractivity contribution is 0.100. The van der Waals surface area contributed by atoms with Gasteiger partial charge in [0.05, 0.1) is 19.3 Å². The molecule has 4 heteroatoms. The number of aliphatic imine (C=N–C) groups is 1. The molecule has 0 bridgehead atoms. The van der Waals surface area contributed by atoms with Crippen LogP contribution in [0.1, 0.15) is 36.0 Å². The van der Waals surface area contributed by atoms with E-state index in [2.05, 4.69) is 12.1 Å². The van der Waals surface area contributed by atoms with Crippen molar-refractivity contribution in [2.24, 2.45) is 4.99 Å². The van der Waals surface area contributed by atoms with Gasteiger partial charge in [0.15, 0.2) is 5.78 Å². The Morgan fingerprint density at radius 1 is 0.871 bits per heavy atom. The lowest BCUT2D eigenvalue weighted by Gasteiger charge is -2.27. The van der Waals surface area contributed by atoms with Gasteiger partial charge in [0, 0.05) is 18.5 Å². The Bertz CT molecular complexity index is 1040. The van der Waals surface area contributed by atoms with Crippen molar-refractivity contribution in [2.75, 3.05) is 25.1 Å². The fraction of sp³-hybridized carbons (Fsp3) is 0.259. The molecule has 0 N–H and O–H groups in total. The highest BCUT2D eigenvalue weighted by Gasteiger charge is 2.22. The topological polar surface area (TPSA) is 41.9 Å². The van der Waals surface area contributed by atoms with Crippen LogP contribution in [-0.4, -0.2) is 31.8 Å². The Morgan fingerprint density at radius 3 is 2.35 bits per heavy atom. The van der Waals surface area contributed by atoms with Crippen molar-refractivity contribution in [1.29, 1.82) is 0 Å². The number of amidine groups is 1. The highest BCUT2D eigenvalue weighted by atomic mass is 16.5. The number of nitrogens with zero attached hydrogens (tertiary/aromatic N) is 2. The van der Waals surface area contributed by atoms with E-state index >= 15 is 0 Å². The third-order valence-corrected chi connectivity index (χ3v) is 5.66. The third kappa shape index (κ3) is 5.02. The van der Waals surface area contributed by atoms with E-state index in [4.69, 9.17) is 9.73 Å². The van der Waals surface area contributed by atoms with E-state index in [-0.39, 0.29) is 12.3 Å². The summed E-state index contributed by atoms with van der Waals surface area (Å²) in [4.78, 5) is 20.1. The maximum Gasteiger partial charge on any atom is 0.182 e. The van der Waals surface area contributed by atoms with Crippen molar-refractivity contribution in [3.63, 3.8) is 0 Å². The summed E-state index contributed by atoms with van der Waals surface area (Å²) in [6, 6.07) is 25.9. The largest absolute Gasteiger partial charge is 0.495 e. The Balaban J connectivity index is 1.60. The lowest BCUT2D eigenvalue weighted by Crippen LogP contribution is -2.36. The molecule has 158 valence electrons. The summed E-state index contributed by atoms with van der Waals surface area (Å²) in [5.41, 5.74) is 3.84. The zero-order valence-corrected chi connectivity index (χ0v) is 18.0. The molecule has 3 aromatic rings. The summed E-state index contributed by atoms with van der Waals surface area (Å²) in [5, 5.41) is 0. The summed E-state index contributed by atoms with van der Waals surface area (Å²) < 4.78 is 5.59. The van der Waals surface area contributed by atoms with Crippen molar-refractivity contribution in [3.05, 3.63) is 84.4 Å². The first-order chi connectivity index (χ1) is 15.3. The van der Waals surface area contributed by atoms with Gasteiger partial charge in [-0.05, 0) is 36.1 Å². The van der Waals surface area contributed by atoms with Crippen LogP contribution in [-0.2, 0) is 0 Å². The molecule has 3 aromatic carbocycles. The zero-order chi connectivity index (χ0) is 21.5. The summed E-state index contributed by atoms with van der Waals surface area (Å²) in [7, 11) is 1.66. The number of Topliss-reactive ketones (excluding diaryl/α,β-unsaturated/α-hetero) is 1. The molecule has 1 heterocycles. The van der Waals surface area contributed by atoms with Crippen LogP contribution in [0.5, 0.6) is 5.75 Å². The van der Waals surface area contributed by atoms with Gasteiger partial charge in [-0.15, -0.1) is 0 Å². The van der Waals surface area contributed by atoms with Gasteiger partial charge in [-0.1, -0.05) is 73.2 Å². The number of rotatable bonds is 6. The Labute approximate surface area is 184 Å². The first-order valence-corrected chi connectivity index (χ1v) is 10.9. The molecule has 0 aromatic heterocycles. The van der Waals surface area contributed by atoms with Gasteiger partial charge in [-0.2, -0.15) is 0 Å². The first-order valence-electron chi connectivity index (χ1n) is 10.9. The fourth-order valence-corrected chi connectivity index (χ4v) is 3.96. The van der Waals surface area contributed by atoms with Crippen molar-refractivity contribution in [3.8, 4) is 16.9 Å². The third-order valence-electron chi connectivity index (χ3n) is 5.66. The fourth-order valence-electron chi connectivity index (χ4n) is 3.96. The summed E-state index contributed by atoms with van der Waals surface area (Å²) in [6.07, 6.45) is 4.22. The van der Waals surface area contributed by atoms with Crippen LogP contribution < -0.4 is 9.64 Å².